The van der Waals surface area contributed by atoms with E-state index in [1.54, 1.807) is 25.6 Å². The Balaban J connectivity index is 1.76. The van der Waals surface area contributed by atoms with Crippen LogP contribution in [0.1, 0.15) is 50.8 Å². The van der Waals surface area contributed by atoms with Crippen LogP contribution < -0.4 is 10.6 Å². The van der Waals surface area contributed by atoms with Crippen LogP contribution in [0.3, 0.4) is 0 Å². The molecule has 4 unspecified atom stereocenters. The molecule has 6 nitrogen and oxygen atoms in total. The number of aliphatic hydroxyl groups is 1. The Morgan fingerprint density at radius 2 is 1.77 bits per heavy atom. The summed E-state index contributed by atoms with van der Waals surface area (Å²) in [5.74, 6) is -0.720. The van der Waals surface area contributed by atoms with Gasteiger partial charge in [0.05, 0.1) is 11.0 Å². The normalized spacial score (nSPS) is 25.8. The van der Waals surface area contributed by atoms with Crippen LogP contribution in [0.15, 0.2) is 60.7 Å². The topological polar surface area (TPSA) is 87.7 Å². The Morgan fingerprint density at radius 1 is 1.11 bits per heavy atom. The molecule has 2 aromatic carbocycles. The molecule has 7 heteroatoms. The number of carbonyl (C=O) groups excluding carboxylic acids is 2. The van der Waals surface area contributed by atoms with Gasteiger partial charge < -0.3 is 9.84 Å². The summed E-state index contributed by atoms with van der Waals surface area (Å²) in [6.45, 7) is 6.13. The Morgan fingerprint density at radius 3 is 2.43 bits per heavy atom. The molecule has 2 saturated heterocycles. The van der Waals surface area contributed by atoms with E-state index >= 15 is 0 Å². The molecule has 2 aromatic rings. The minimum Gasteiger partial charge on any atom is -0.452 e. The quantitative estimate of drug-likeness (QED) is 0.342. The molecule has 0 spiro atoms. The lowest BCUT2D eigenvalue weighted by Crippen LogP contribution is -2.64. The molecular weight excluding hydrogens is 460 g/mol. The van der Waals surface area contributed by atoms with Crippen molar-refractivity contribution in [2.45, 2.75) is 69.1 Å². The Labute approximate surface area is 212 Å². The molecular formula is C28H36N2O4S. The number of ketones is 1. The van der Waals surface area contributed by atoms with Gasteiger partial charge in [0.2, 0.25) is 0 Å². The fraction of sp³-hybridized carbons (Fsp3) is 0.500. The van der Waals surface area contributed by atoms with Crippen molar-refractivity contribution in [3.63, 3.8) is 0 Å². The lowest BCUT2D eigenvalue weighted by atomic mass is 9.60. The smallest absolute Gasteiger partial charge is 0.375 e. The lowest BCUT2D eigenvalue weighted by molar-refractivity contribution is -0.172. The molecule has 0 bridgehead atoms. The number of hydrogen-bond acceptors (Lipinski definition) is 7. The lowest BCUT2D eigenvalue weighted by Gasteiger charge is -2.49. The molecule has 0 aliphatic carbocycles. The molecule has 6 atom stereocenters. The summed E-state index contributed by atoms with van der Waals surface area (Å²) in [6.07, 6.45) is 0.767. The highest BCUT2D eigenvalue weighted by atomic mass is 32.2. The molecule has 0 radical (unpaired) electrons. The van der Waals surface area contributed by atoms with Crippen molar-refractivity contribution in [3.05, 3.63) is 71.8 Å². The highest BCUT2D eigenvalue weighted by Crippen LogP contribution is 2.52. The minimum atomic E-state index is -1.42. The van der Waals surface area contributed by atoms with Gasteiger partial charge in [-0.05, 0) is 37.8 Å². The second kappa shape index (κ2) is 10.8. The van der Waals surface area contributed by atoms with Crippen molar-refractivity contribution < 1.29 is 19.4 Å². The molecule has 35 heavy (non-hydrogen) atoms. The van der Waals surface area contributed by atoms with Crippen LogP contribution in [0.5, 0.6) is 0 Å². The number of Topliss-reactive ketones (excluding diaryl/α,β-unsaturated/α-hetero) is 1. The Bertz CT molecular complexity index is 1020. The number of esters is 1. The zero-order valence-corrected chi connectivity index (χ0v) is 21.5. The van der Waals surface area contributed by atoms with Crippen molar-refractivity contribution >= 4 is 23.5 Å². The van der Waals surface area contributed by atoms with Crippen LogP contribution in [0.4, 0.5) is 0 Å². The number of thioether (sulfide) groups is 1. The van der Waals surface area contributed by atoms with E-state index < -0.39 is 28.9 Å². The fourth-order valence-electron chi connectivity index (χ4n) is 5.69. The first-order valence-corrected chi connectivity index (χ1v) is 13.5. The standard InChI is InChI=1S/C28H36N2O4S/c1-4-15-27(3,33)28(16-20-11-7-5-8-12-20,25-23-22(17-35-25)29-18-30-23)24(31)26(32)34-19(2)21-13-9-6-10-14-21/h5-14,19,22-23,25,29-30,33H,4,15-18H2,1-3H3/t19?,22-,23-,25?,27?,28?/m1/s1. The number of fused-ring (bicyclic) bond motifs is 1. The third-order valence-corrected chi connectivity index (χ3v) is 9.18. The Kier molecular flexibility index (Phi) is 8.01. The largest absolute Gasteiger partial charge is 0.452 e. The van der Waals surface area contributed by atoms with Gasteiger partial charge in [-0.1, -0.05) is 74.0 Å². The van der Waals surface area contributed by atoms with E-state index in [1.165, 1.54) is 0 Å². The summed E-state index contributed by atoms with van der Waals surface area (Å²) in [5.41, 5.74) is -1.04. The summed E-state index contributed by atoms with van der Waals surface area (Å²) in [7, 11) is 0. The second-order valence-corrected chi connectivity index (χ2v) is 11.1. The van der Waals surface area contributed by atoms with Gasteiger partial charge in [0.1, 0.15) is 6.10 Å². The number of rotatable bonds is 10. The van der Waals surface area contributed by atoms with E-state index in [-0.39, 0.29) is 23.8 Å². The molecule has 0 amide bonds. The second-order valence-electron chi connectivity index (χ2n) is 9.92. The summed E-state index contributed by atoms with van der Waals surface area (Å²) in [5, 5.41) is 18.7. The van der Waals surface area contributed by atoms with E-state index in [0.717, 1.165) is 16.9 Å². The van der Waals surface area contributed by atoms with Gasteiger partial charge in [-0.15, -0.1) is 0 Å². The fourth-order valence-corrected chi connectivity index (χ4v) is 7.65. The summed E-state index contributed by atoms with van der Waals surface area (Å²) in [6, 6.07) is 19.2. The molecule has 2 fully saturated rings. The van der Waals surface area contributed by atoms with E-state index in [9.17, 15) is 14.7 Å². The molecule has 0 saturated carbocycles. The average Bonchev–Trinajstić information content (AvgIpc) is 3.47. The van der Waals surface area contributed by atoms with E-state index in [2.05, 4.69) is 10.6 Å². The van der Waals surface area contributed by atoms with Gasteiger partial charge in [0, 0.05) is 29.8 Å². The molecule has 2 aliphatic heterocycles. The van der Waals surface area contributed by atoms with Crippen LogP contribution in [0.25, 0.3) is 0 Å². The number of ether oxygens (including phenoxy) is 1. The number of hydrogen-bond donors (Lipinski definition) is 3. The van der Waals surface area contributed by atoms with E-state index in [0.29, 0.717) is 19.5 Å². The maximum Gasteiger partial charge on any atom is 0.375 e. The van der Waals surface area contributed by atoms with Crippen LogP contribution >= 0.6 is 11.8 Å². The van der Waals surface area contributed by atoms with Crippen LogP contribution in [-0.2, 0) is 20.7 Å². The van der Waals surface area contributed by atoms with Crippen molar-refractivity contribution in [3.8, 4) is 0 Å². The van der Waals surface area contributed by atoms with Gasteiger partial charge in [-0.2, -0.15) is 11.8 Å². The predicted molar refractivity (Wildman–Crippen MR) is 139 cm³/mol. The van der Waals surface area contributed by atoms with Crippen LogP contribution in [0.2, 0.25) is 0 Å². The summed E-state index contributed by atoms with van der Waals surface area (Å²) >= 11 is 1.66. The number of carbonyl (C=O) groups is 2. The first-order chi connectivity index (χ1) is 16.8. The predicted octanol–water partition coefficient (Wildman–Crippen LogP) is 3.64. The molecule has 2 heterocycles. The summed E-state index contributed by atoms with van der Waals surface area (Å²) in [4.78, 5) is 27.9. The SMILES string of the molecule is CCCC(C)(O)C(Cc1ccccc1)(C(=O)C(=O)OC(C)c1ccccc1)C1SC[C@H]2NCN[C@@H]12. The van der Waals surface area contributed by atoms with Crippen molar-refractivity contribution in [2.75, 3.05) is 12.4 Å². The minimum absolute atomic E-state index is 0.0321. The average molecular weight is 497 g/mol. The van der Waals surface area contributed by atoms with Crippen molar-refractivity contribution in [1.29, 1.82) is 0 Å². The molecule has 3 N–H and O–H groups in total. The monoisotopic (exact) mass is 496 g/mol. The van der Waals surface area contributed by atoms with Gasteiger partial charge in [-0.25, -0.2) is 4.79 Å². The molecule has 0 aromatic heterocycles. The van der Waals surface area contributed by atoms with Crippen molar-refractivity contribution in [1.82, 2.24) is 10.6 Å². The van der Waals surface area contributed by atoms with Gasteiger partial charge in [-0.3, -0.25) is 15.4 Å². The highest BCUT2D eigenvalue weighted by Gasteiger charge is 2.64. The van der Waals surface area contributed by atoms with Crippen LogP contribution in [0, 0.1) is 5.41 Å². The van der Waals surface area contributed by atoms with E-state index in [4.69, 9.17) is 4.74 Å². The Hall–Kier alpha value is -2.19. The van der Waals surface area contributed by atoms with Gasteiger partial charge in [0.15, 0.2) is 0 Å². The van der Waals surface area contributed by atoms with Crippen LogP contribution in [-0.4, -0.2) is 52.2 Å². The first kappa shape index (κ1) is 25.9. The summed E-state index contributed by atoms with van der Waals surface area (Å²) < 4.78 is 5.74. The first-order valence-electron chi connectivity index (χ1n) is 12.4. The van der Waals surface area contributed by atoms with Gasteiger partial charge >= 0.3 is 5.97 Å². The zero-order chi connectivity index (χ0) is 25.1. The van der Waals surface area contributed by atoms with Crippen molar-refractivity contribution in [2.24, 2.45) is 5.41 Å². The molecule has 188 valence electrons. The van der Waals surface area contributed by atoms with E-state index in [1.807, 2.05) is 67.6 Å². The number of benzene rings is 2. The number of nitrogens with one attached hydrogen (secondary N) is 2. The molecule has 2 aliphatic rings. The zero-order valence-electron chi connectivity index (χ0n) is 20.7. The maximum absolute atomic E-state index is 14.3. The third kappa shape index (κ3) is 5.05. The van der Waals surface area contributed by atoms with Gasteiger partial charge in [0.25, 0.3) is 5.78 Å². The highest BCUT2D eigenvalue weighted by molar-refractivity contribution is 8.00. The maximum atomic E-state index is 14.3. The third-order valence-electron chi connectivity index (χ3n) is 7.57. The molecule has 4 rings (SSSR count).